The molecule has 3 aromatic rings. The first-order valence-corrected chi connectivity index (χ1v) is 11.9. The number of rotatable bonds is 5. The fourth-order valence-electron chi connectivity index (χ4n) is 5.15. The molecule has 8 heteroatoms. The minimum absolute atomic E-state index is 0. The van der Waals surface area contributed by atoms with E-state index in [9.17, 15) is 4.79 Å². The van der Waals surface area contributed by atoms with Gasteiger partial charge in [-0.15, -0.1) is 24.8 Å². The number of para-hydroxylation sites is 1. The van der Waals surface area contributed by atoms with E-state index in [0.29, 0.717) is 5.92 Å². The van der Waals surface area contributed by atoms with Gasteiger partial charge in [-0.25, -0.2) is 9.36 Å². The van der Waals surface area contributed by atoms with Crippen LogP contribution in [-0.2, 0) is 24.2 Å². The third kappa shape index (κ3) is 6.12. The number of fused-ring (bicyclic) bond motifs is 2. The van der Waals surface area contributed by atoms with Gasteiger partial charge in [-0.1, -0.05) is 24.3 Å². The fraction of sp³-hybridized carbons (Fsp3) is 0.444. The lowest BCUT2D eigenvalue weighted by molar-refractivity contribution is 0.133. The fourth-order valence-corrected chi connectivity index (χ4v) is 5.15. The van der Waals surface area contributed by atoms with E-state index in [-0.39, 0.29) is 30.9 Å². The maximum atomic E-state index is 12.4. The summed E-state index contributed by atoms with van der Waals surface area (Å²) in [5.41, 5.74) is 4.74. The third-order valence-corrected chi connectivity index (χ3v) is 7.10. The van der Waals surface area contributed by atoms with Crippen molar-refractivity contribution in [3.8, 4) is 5.75 Å². The van der Waals surface area contributed by atoms with Crippen LogP contribution in [0.1, 0.15) is 29.7 Å². The Morgan fingerprint density at radius 3 is 2.54 bits per heavy atom. The maximum absolute atomic E-state index is 12.4. The average Bonchev–Trinajstić information content (AvgIpc) is 3.20. The van der Waals surface area contributed by atoms with Crippen LogP contribution in [0.3, 0.4) is 0 Å². The summed E-state index contributed by atoms with van der Waals surface area (Å²) < 4.78 is 13.0. The molecule has 3 heterocycles. The van der Waals surface area contributed by atoms with E-state index in [1.807, 2.05) is 24.3 Å². The van der Waals surface area contributed by atoms with Crippen molar-refractivity contribution < 1.29 is 14.3 Å². The maximum Gasteiger partial charge on any atom is 0.418 e. The number of likely N-dealkylation sites (N-methyl/N-ethyl adjacent to an activating group) is 1. The van der Waals surface area contributed by atoms with E-state index in [1.54, 1.807) is 4.57 Å². The van der Waals surface area contributed by atoms with E-state index in [0.717, 1.165) is 80.9 Å². The SMILES string of the molecule is COC(=O)n1c(CN2CCC(COc3ccc4c(c3)CN(C)CC4)CC2)cc2ccccc21.Cl.Cl. The largest absolute Gasteiger partial charge is 0.493 e. The van der Waals surface area contributed by atoms with Crippen molar-refractivity contribution in [2.24, 2.45) is 5.92 Å². The molecule has 5 rings (SSSR count). The number of halogens is 2. The lowest BCUT2D eigenvalue weighted by atomic mass is 9.97. The summed E-state index contributed by atoms with van der Waals surface area (Å²) in [4.78, 5) is 17.2. The number of aromatic nitrogens is 1. The molecule has 190 valence electrons. The normalized spacial score (nSPS) is 16.7. The zero-order chi connectivity index (χ0) is 22.8. The van der Waals surface area contributed by atoms with E-state index < -0.39 is 0 Å². The van der Waals surface area contributed by atoms with Gasteiger partial charge in [0, 0.05) is 30.7 Å². The molecule has 1 saturated heterocycles. The summed E-state index contributed by atoms with van der Waals surface area (Å²) in [6, 6.07) is 16.7. The van der Waals surface area contributed by atoms with Crippen LogP contribution in [0.5, 0.6) is 5.75 Å². The summed E-state index contributed by atoms with van der Waals surface area (Å²) in [6.45, 7) is 5.66. The highest BCUT2D eigenvalue weighted by Gasteiger charge is 2.23. The Kier molecular flexibility index (Phi) is 9.47. The molecule has 0 atom stereocenters. The highest BCUT2D eigenvalue weighted by molar-refractivity contribution is 5.90. The first-order chi connectivity index (χ1) is 16.1. The second-order valence-corrected chi connectivity index (χ2v) is 9.45. The van der Waals surface area contributed by atoms with Crippen molar-refractivity contribution >= 4 is 41.8 Å². The van der Waals surface area contributed by atoms with E-state index in [4.69, 9.17) is 9.47 Å². The molecular weight excluding hydrogens is 485 g/mol. The molecule has 0 radical (unpaired) electrons. The minimum Gasteiger partial charge on any atom is -0.493 e. The molecule has 0 spiro atoms. The molecule has 0 bridgehead atoms. The summed E-state index contributed by atoms with van der Waals surface area (Å²) in [5.74, 6) is 1.56. The Balaban J connectivity index is 0.00000171. The van der Waals surface area contributed by atoms with Gasteiger partial charge in [0.2, 0.25) is 0 Å². The Bertz CT molecular complexity index is 1140. The van der Waals surface area contributed by atoms with Crippen LogP contribution < -0.4 is 4.74 Å². The van der Waals surface area contributed by atoms with Crippen molar-refractivity contribution in [1.29, 1.82) is 0 Å². The molecule has 0 unspecified atom stereocenters. The lowest BCUT2D eigenvalue weighted by Gasteiger charge is -2.32. The topological polar surface area (TPSA) is 46.9 Å². The van der Waals surface area contributed by atoms with Crippen LogP contribution in [0, 0.1) is 5.92 Å². The van der Waals surface area contributed by atoms with Crippen molar-refractivity contribution in [2.45, 2.75) is 32.4 Å². The van der Waals surface area contributed by atoms with Crippen LogP contribution in [0.4, 0.5) is 4.79 Å². The zero-order valence-electron chi connectivity index (χ0n) is 20.4. The summed E-state index contributed by atoms with van der Waals surface area (Å²) in [6.07, 6.45) is 3.00. The van der Waals surface area contributed by atoms with Gasteiger partial charge >= 0.3 is 6.09 Å². The Morgan fingerprint density at radius 1 is 1.00 bits per heavy atom. The second-order valence-electron chi connectivity index (χ2n) is 9.45. The van der Waals surface area contributed by atoms with Gasteiger partial charge in [0.1, 0.15) is 5.75 Å². The Hall–Kier alpha value is -2.25. The molecule has 0 amide bonds. The zero-order valence-corrected chi connectivity index (χ0v) is 22.1. The highest BCUT2D eigenvalue weighted by atomic mass is 35.5. The van der Waals surface area contributed by atoms with Crippen molar-refractivity contribution in [3.63, 3.8) is 0 Å². The number of ether oxygens (including phenoxy) is 2. The molecule has 2 aliphatic heterocycles. The van der Waals surface area contributed by atoms with Gasteiger partial charge in [0.05, 0.1) is 19.2 Å². The highest BCUT2D eigenvalue weighted by Crippen LogP contribution is 2.26. The number of hydrogen-bond acceptors (Lipinski definition) is 5. The van der Waals surface area contributed by atoms with Gasteiger partial charge in [-0.2, -0.15) is 0 Å². The number of carbonyl (C=O) groups is 1. The van der Waals surface area contributed by atoms with Crippen LogP contribution in [-0.4, -0.2) is 60.9 Å². The van der Waals surface area contributed by atoms with Crippen LogP contribution >= 0.6 is 24.8 Å². The number of methoxy groups -OCH3 is 1. The molecule has 35 heavy (non-hydrogen) atoms. The molecule has 6 nitrogen and oxygen atoms in total. The molecule has 0 aliphatic carbocycles. The number of hydrogen-bond donors (Lipinski definition) is 0. The Morgan fingerprint density at radius 2 is 1.77 bits per heavy atom. The molecule has 0 saturated carbocycles. The molecule has 0 N–H and O–H groups in total. The number of nitrogens with zero attached hydrogens (tertiary/aromatic N) is 3. The lowest BCUT2D eigenvalue weighted by Crippen LogP contribution is -2.36. The predicted octanol–water partition coefficient (Wildman–Crippen LogP) is 5.38. The quantitative estimate of drug-likeness (QED) is 0.452. The van der Waals surface area contributed by atoms with Gasteiger partial charge in [-0.05, 0) is 80.7 Å². The number of benzene rings is 2. The minimum atomic E-state index is -0.328. The molecule has 2 aromatic carbocycles. The molecular formula is C27H35Cl2N3O3. The average molecular weight is 521 g/mol. The van der Waals surface area contributed by atoms with Crippen LogP contribution in [0.25, 0.3) is 10.9 Å². The summed E-state index contributed by atoms with van der Waals surface area (Å²) >= 11 is 0. The summed E-state index contributed by atoms with van der Waals surface area (Å²) in [7, 11) is 3.61. The van der Waals surface area contributed by atoms with E-state index >= 15 is 0 Å². The van der Waals surface area contributed by atoms with Gasteiger partial charge < -0.3 is 14.4 Å². The molecule has 1 aromatic heterocycles. The monoisotopic (exact) mass is 519 g/mol. The van der Waals surface area contributed by atoms with Crippen LogP contribution in [0.2, 0.25) is 0 Å². The second kappa shape index (κ2) is 12.1. The summed E-state index contributed by atoms with van der Waals surface area (Å²) in [5, 5.41) is 1.07. The van der Waals surface area contributed by atoms with Gasteiger partial charge in [-0.3, -0.25) is 4.90 Å². The van der Waals surface area contributed by atoms with Crippen molar-refractivity contribution in [3.05, 3.63) is 65.4 Å². The molecule has 2 aliphatic rings. The van der Waals surface area contributed by atoms with E-state index in [2.05, 4.69) is 41.1 Å². The first-order valence-electron chi connectivity index (χ1n) is 11.9. The van der Waals surface area contributed by atoms with Crippen molar-refractivity contribution in [1.82, 2.24) is 14.4 Å². The van der Waals surface area contributed by atoms with Gasteiger partial charge in [0.25, 0.3) is 0 Å². The van der Waals surface area contributed by atoms with Gasteiger partial charge in [0.15, 0.2) is 0 Å². The van der Waals surface area contributed by atoms with Crippen molar-refractivity contribution in [2.75, 3.05) is 40.4 Å². The number of piperidine rings is 1. The van der Waals surface area contributed by atoms with E-state index in [1.165, 1.54) is 18.2 Å². The standard InChI is InChI=1S/C27H33N3O3.2ClH/c1-28-12-11-21-7-8-25(16-23(21)17-28)33-19-20-9-13-29(14-10-20)18-24-15-22-5-3-4-6-26(22)30(24)27(31)32-2;;/h3-8,15-16,20H,9-14,17-19H2,1-2H3;2*1H. The predicted molar refractivity (Wildman–Crippen MR) is 144 cm³/mol. The molecule has 1 fully saturated rings. The number of likely N-dealkylation sites (tertiary alicyclic amines) is 1. The smallest absolute Gasteiger partial charge is 0.418 e. The Labute approximate surface area is 220 Å². The van der Waals surface area contributed by atoms with Crippen LogP contribution in [0.15, 0.2) is 48.5 Å². The third-order valence-electron chi connectivity index (χ3n) is 7.10. The first kappa shape index (κ1) is 27.3. The number of carbonyl (C=O) groups excluding carboxylic acids is 1.